The second-order valence-electron chi connectivity index (χ2n) is 32.9. The first kappa shape index (κ1) is 104. The number of benzene rings is 6. The molecule has 9 N–H and O–H groups in total. The topological polar surface area (TPSA) is 336 Å². The van der Waals surface area contributed by atoms with Crippen molar-refractivity contribution in [2.45, 2.75) is 181 Å². The van der Waals surface area contributed by atoms with Crippen molar-refractivity contribution in [3.63, 3.8) is 0 Å². The van der Waals surface area contributed by atoms with E-state index in [4.69, 9.17) is 22.9 Å². The van der Waals surface area contributed by atoms with Crippen molar-refractivity contribution in [3.8, 4) is 0 Å². The Morgan fingerprint density at radius 1 is 0.222 bits per heavy atom. The first-order chi connectivity index (χ1) is 61.3. The summed E-state index contributed by atoms with van der Waals surface area (Å²) < 4.78 is 0. The molecule has 0 saturated carbocycles. The molecule has 0 heterocycles. The van der Waals surface area contributed by atoms with Gasteiger partial charge in [0.15, 0.2) is 0 Å². The van der Waals surface area contributed by atoms with Crippen molar-refractivity contribution in [1.82, 2.24) is 54.3 Å². The lowest BCUT2D eigenvalue weighted by Crippen LogP contribution is -2.54. The Morgan fingerprint density at radius 3 is 0.603 bits per heavy atom. The molecule has 126 heavy (non-hydrogen) atoms. The van der Waals surface area contributed by atoms with Gasteiger partial charge in [0.25, 0.3) is 0 Å². The van der Waals surface area contributed by atoms with Crippen LogP contribution in [0.1, 0.15) is 176 Å². The van der Waals surface area contributed by atoms with Crippen LogP contribution in [0.3, 0.4) is 0 Å². The number of carbonyl (C=O) groups excluding carboxylic acids is 11. The number of nitrogens with one attached hydrogen (secondary N) is 1. The zero-order valence-electron chi connectivity index (χ0n) is 75.7. The molecule has 0 saturated heterocycles. The third-order valence-electron chi connectivity index (χ3n) is 22.8. The molecule has 0 aliphatic rings. The van der Waals surface area contributed by atoms with E-state index in [2.05, 4.69) is 19.2 Å². The van der Waals surface area contributed by atoms with Gasteiger partial charge in [-0.2, -0.15) is 0 Å². The molecule has 0 spiro atoms. The van der Waals surface area contributed by atoms with Crippen LogP contribution in [0.15, 0.2) is 182 Å². The maximum Gasteiger partial charge on any atom is 0.242 e. The standard InChI is InChI=1S/C100H147N15O11/c1-3-5-7-9-11-13-15-17-19-39-63-106(74-90(104)116)92(118)75-107(64-40-20-18-16-14-12-10-8-6-4-2)93(119)77-109(66-54-85-43-29-22-30-44-85)95(121)78-110(67-55-86-45-31-23-32-46-86)97(123)83-115(72-61-103)100(126)81-113(70-58-89-51-37-26-38-52-89)96(122)79-111(68-56-87-47-33-24-34-48-87)98(124)82-114(71-60-102)99(125)80-112(69-57-88-49-35-25-36-50-88)94(120)76-108(91(117)73-105-62-59-101)65-53-84-41-27-21-28-42-84/h21-38,41-52,105H,3-20,39-40,53-83,101-103H2,1-2H3,(H2,104,116). The van der Waals surface area contributed by atoms with E-state index in [1.54, 1.807) is 0 Å². The fraction of sp³-hybridized carbons (Fsp3) is 0.530. The summed E-state index contributed by atoms with van der Waals surface area (Å²) in [5, 5.41) is 3.04. The molecule has 6 aromatic carbocycles. The minimum Gasteiger partial charge on any atom is -0.368 e. The summed E-state index contributed by atoms with van der Waals surface area (Å²) in [6.45, 7) is 1.01. The van der Waals surface area contributed by atoms with Crippen molar-refractivity contribution >= 4 is 65.0 Å². The smallest absolute Gasteiger partial charge is 0.242 e. The van der Waals surface area contributed by atoms with Gasteiger partial charge in [-0.1, -0.05) is 311 Å². The molecule has 6 aromatic rings. The van der Waals surface area contributed by atoms with E-state index < -0.39 is 105 Å². The fourth-order valence-electron chi connectivity index (χ4n) is 15.2. The van der Waals surface area contributed by atoms with Gasteiger partial charge in [0.05, 0.1) is 72.0 Å². The molecule has 0 atom stereocenters. The van der Waals surface area contributed by atoms with Gasteiger partial charge in [0.1, 0.15) is 0 Å². The number of nitrogens with two attached hydrogens (primary N) is 4. The van der Waals surface area contributed by atoms with Gasteiger partial charge < -0.3 is 77.3 Å². The number of hydrogen-bond donors (Lipinski definition) is 5. The van der Waals surface area contributed by atoms with Gasteiger partial charge in [-0.25, -0.2) is 0 Å². The Balaban J connectivity index is 1.27. The highest BCUT2D eigenvalue weighted by Crippen LogP contribution is 2.18. The molecule has 6 rings (SSSR count). The second-order valence-corrected chi connectivity index (χ2v) is 32.9. The Labute approximate surface area is 750 Å². The number of hydrogen-bond acceptors (Lipinski definition) is 15. The molecule has 11 amide bonds. The highest BCUT2D eigenvalue weighted by molar-refractivity contribution is 5.95. The summed E-state index contributed by atoms with van der Waals surface area (Å²) in [4.78, 5) is 177. The highest BCUT2D eigenvalue weighted by Gasteiger charge is 2.33. The summed E-state index contributed by atoms with van der Waals surface area (Å²) in [5.74, 6) is -5.99. The SMILES string of the molecule is CCCCCCCCCCCCN(CC(N)=O)C(=O)CN(CCCCCCCCCCCC)C(=O)CN(CCc1ccccc1)C(=O)CN(CCc1ccccc1)C(=O)CN(CCN)C(=O)CN(CCc1ccccc1)C(=O)CN(CCc1ccccc1)C(=O)CN(CCN)C(=O)CN(CCc1ccccc1)C(=O)CN(CCc1ccccc1)C(=O)CNCCN. The molecule has 26 nitrogen and oxygen atoms in total. The van der Waals surface area contributed by atoms with Crippen molar-refractivity contribution in [2.24, 2.45) is 22.9 Å². The summed E-state index contributed by atoms with van der Waals surface area (Å²) in [7, 11) is 0. The normalized spacial score (nSPS) is 11.0. The van der Waals surface area contributed by atoms with Crippen LogP contribution in [0.5, 0.6) is 0 Å². The lowest BCUT2D eigenvalue weighted by molar-refractivity contribution is -0.149. The molecule has 0 fully saturated rings. The molecule has 26 heteroatoms. The molecule has 0 aliphatic carbocycles. The predicted octanol–water partition coefficient (Wildman–Crippen LogP) is 9.52. The van der Waals surface area contributed by atoms with Gasteiger partial charge >= 0.3 is 0 Å². The summed E-state index contributed by atoms with van der Waals surface area (Å²) in [5.41, 5.74) is 29.4. The van der Waals surface area contributed by atoms with Crippen LogP contribution in [-0.2, 0) is 91.3 Å². The molecule has 0 aliphatic heterocycles. The van der Waals surface area contributed by atoms with Crippen LogP contribution >= 0.6 is 0 Å². The molecule has 0 unspecified atom stereocenters. The molecular formula is C100H147N15O11. The zero-order chi connectivity index (χ0) is 90.6. The molecule has 0 aromatic heterocycles. The van der Waals surface area contributed by atoms with E-state index in [0.29, 0.717) is 64.6 Å². The average molecular weight is 1740 g/mol. The van der Waals surface area contributed by atoms with Crippen molar-refractivity contribution in [1.29, 1.82) is 0 Å². The van der Waals surface area contributed by atoms with Crippen LogP contribution < -0.4 is 28.3 Å². The molecule has 688 valence electrons. The maximum absolute atomic E-state index is 15.4. The van der Waals surface area contributed by atoms with Gasteiger partial charge in [-0.3, -0.25) is 52.7 Å². The summed E-state index contributed by atoms with van der Waals surface area (Å²) in [6, 6.07) is 56.8. The highest BCUT2D eigenvalue weighted by atomic mass is 16.2. The monoisotopic (exact) mass is 1730 g/mol. The van der Waals surface area contributed by atoms with Gasteiger partial charge in [-0.05, 0) is 84.7 Å². The largest absolute Gasteiger partial charge is 0.368 e. The van der Waals surface area contributed by atoms with Crippen LogP contribution in [0, 0.1) is 0 Å². The van der Waals surface area contributed by atoms with Crippen LogP contribution in [0.25, 0.3) is 0 Å². The third-order valence-corrected chi connectivity index (χ3v) is 22.8. The first-order valence-electron chi connectivity index (χ1n) is 46.4. The molecule has 0 radical (unpaired) electrons. The van der Waals surface area contributed by atoms with E-state index in [1.807, 2.05) is 182 Å². The van der Waals surface area contributed by atoms with E-state index in [-0.39, 0.29) is 110 Å². The second kappa shape index (κ2) is 63.3. The Morgan fingerprint density at radius 2 is 0.405 bits per heavy atom. The quantitative estimate of drug-likeness (QED) is 0.0222. The maximum atomic E-state index is 15.4. The van der Waals surface area contributed by atoms with E-state index in [1.165, 1.54) is 107 Å². The van der Waals surface area contributed by atoms with Crippen LogP contribution in [0.2, 0.25) is 0 Å². The predicted molar refractivity (Wildman–Crippen MR) is 500 cm³/mol. The third kappa shape index (κ3) is 43.0. The van der Waals surface area contributed by atoms with E-state index in [0.717, 1.165) is 91.2 Å². The van der Waals surface area contributed by atoms with Crippen LogP contribution in [0.4, 0.5) is 0 Å². The number of nitrogens with zero attached hydrogens (tertiary/aromatic N) is 10. The minimum absolute atomic E-state index is 0.00501. The molecule has 0 bridgehead atoms. The fourth-order valence-corrected chi connectivity index (χ4v) is 15.2. The first-order valence-corrected chi connectivity index (χ1v) is 46.4. The Kier molecular flexibility index (Phi) is 52.3. The zero-order valence-corrected chi connectivity index (χ0v) is 75.7. The number of unbranched alkanes of at least 4 members (excludes halogenated alkanes) is 18. The number of carbonyl (C=O) groups is 11. The molecular weight excluding hydrogens is 1590 g/mol. The van der Waals surface area contributed by atoms with Gasteiger partial charge in [-0.15, -0.1) is 0 Å². The summed E-state index contributed by atoms with van der Waals surface area (Å²) in [6.07, 6.45) is 23.4. The minimum atomic E-state index is -0.660. The van der Waals surface area contributed by atoms with E-state index in [9.17, 15) is 24.0 Å². The van der Waals surface area contributed by atoms with E-state index >= 15 is 28.8 Å². The van der Waals surface area contributed by atoms with Crippen molar-refractivity contribution in [2.75, 3.05) is 164 Å². The van der Waals surface area contributed by atoms with Crippen molar-refractivity contribution < 1.29 is 52.7 Å². The lowest BCUT2D eigenvalue weighted by Gasteiger charge is -2.33. The average Bonchev–Trinajstić information content (AvgIpc) is 0.851. The van der Waals surface area contributed by atoms with Gasteiger partial charge in [0.2, 0.25) is 65.0 Å². The number of amides is 11. The van der Waals surface area contributed by atoms with Crippen molar-refractivity contribution in [3.05, 3.63) is 215 Å². The lowest BCUT2D eigenvalue weighted by atomic mass is 10.1. The number of primary amides is 1. The van der Waals surface area contributed by atoms with Gasteiger partial charge in [0, 0.05) is 91.6 Å². The summed E-state index contributed by atoms with van der Waals surface area (Å²) >= 11 is 0. The number of rotatable bonds is 68. The Hall–Kier alpha value is -10.7. The Bertz CT molecular complexity index is 4080. The van der Waals surface area contributed by atoms with Crippen LogP contribution in [-0.4, -0.2) is 278 Å².